The third-order valence-corrected chi connectivity index (χ3v) is 6.42. The molecule has 2 fully saturated rings. The Bertz CT molecular complexity index is 474. The van der Waals surface area contributed by atoms with Gasteiger partial charge >= 0.3 is 0 Å². The van der Waals surface area contributed by atoms with Gasteiger partial charge in [-0.05, 0) is 33.1 Å². The summed E-state index contributed by atoms with van der Waals surface area (Å²) in [5.74, 6) is -0.0516. The molecule has 3 atom stereocenters. The molecule has 1 aliphatic carbocycles. The zero-order chi connectivity index (χ0) is 15.6. The lowest BCUT2D eigenvalue weighted by atomic mass is 9.83. The Hall–Kier alpha value is -0.460. The Morgan fingerprint density at radius 1 is 1.29 bits per heavy atom. The maximum absolute atomic E-state index is 12.6. The van der Waals surface area contributed by atoms with Crippen LogP contribution in [0.3, 0.4) is 0 Å². The molecule has 1 aliphatic heterocycles. The van der Waals surface area contributed by atoms with Crippen LogP contribution in [-0.4, -0.2) is 62.4 Å². The highest BCUT2D eigenvalue weighted by atomic mass is 32.2. The molecule has 0 aromatic rings. The molecule has 3 unspecified atom stereocenters. The maximum atomic E-state index is 12.6. The number of nitrogens with zero attached hydrogens (tertiary/aromatic N) is 1. The summed E-state index contributed by atoms with van der Waals surface area (Å²) in [5, 5.41) is -0.356. The minimum absolute atomic E-state index is 0.105. The van der Waals surface area contributed by atoms with E-state index in [0.29, 0.717) is 32.0 Å². The van der Waals surface area contributed by atoms with E-state index in [1.54, 1.807) is 0 Å². The number of Topliss-reactive ketones (excluding diaryl/α,β-unsaturated/α-hetero) is 1. The molecule has 0 N–H and O–H groups in total. The van der Waals surface area contributed by atoms with Crippen LogP contribution in [0.1, 0.15) is 39.5 Å². The summed E-state index contributed by atoms with van der Waals surface area (Å²) < 4.78 is 29.1. The van der Waals surface area contributed by atoms with Gasteiger partial charge in [-0.15, -0.1) is 0 Å². The van der Waals surface area contributed by atoms with Crippen molar-refractivity contribution in [3.8, 4) is 0 Å². The van der Waals surface area contributed by atoms with E-state index in [1.807, 2.05) is 0 Å². The molecular formula is C15H27NO4S. The van der Waals surface area contributed by atoms with Crippen molar-refractivity contribution in [3.05, 3.63) is 0 Å². The molecule has 122 valence electrons. The fourth-order valence-corrected chi connectivity index (χ4v) is 4.54. The molecule has 2 rings (SSSR count). The smallest absolute Gasteiger partial charge is 0.165 e. The molecule has 6 heteroatoms. The SMILES string of the molecule is CC(C)N1CCOC(C(=O)C2CCCC(S(C)(=O)=O)C2)C1. The summed E-state index contributed by atoms with van der Waals surface area (Å²) in [7, 11) is -3.05. The van der Waals surface area contributed by atoms with E-state index in [-0.39, 0.29) is 23.1 Å². The van der Waals surface area contributed by atoms with Crippen LogP contribution in [0.15, 0.2) is 0 Å². The van der Waals surface area contributed by atoms with E-state index in [1.165, 1.54) is 6.26 Å². The number of carbonyl (C=O) groups is 1. The molecule has 0 spiro atoms. The lowest BCUT2D eigenvalue weighted by Crippen LogP contribution is -2.50. The molecule has 1 heterocycles. The van der Waals surface area contributed by atoms with E-state index in [2.05, 4.69) is 18.7 Å². The molecule has 5 nitrogen and oxygen atoms in total. The van der Waals surface area contributed by atoms with E-state index < -0.39 is 9.84 Å². The van der Waals surface area contributed by atoms with Crippen molar-refractivity contribution < 1.29 is 17.9 Å². The normalized spacial score (nSPS) is 32.3. The average Bonchev–Trinajstić information content (AvgIpc) is 2.46. The predicted molar refractivity (Wildman–Crippen MR) is 82.0 cm³/mol. The van der Waals surface area contributed by atoms with Gasteiger partial charge in [-0.25, -0.2) is 8.42 Å². The largest absolute Gasteiger partial charge is 0.368 e. The molecular weight excluding hydrogens is 290 g/mol. The molecule has 0 aromatic carbocycles. The Morgan fingerprint density at radius 3 is 2.62 bits per heavy atom. The minimum Gasteiger partial charge on any atom is -0.368 e. The van der Waals surface area contributed by atoms with Gasteiger partial charge in [0.2, 0.25) is 0 Å². The van der Waals surface area contributed by atoms with Crippen LogP contribution >= 0.6 is 0 Å². The van der Waals surface area contributed by atoms with E-state index in [9.17, 15) is 13.2 Å². The molecule has 21 heavy (non-hydrogen) atoms. The van der Waals surface area contributed by atoms with E-state index in [0.717, 1.165) is 19.4 Å². The number of hydrogen-bond acceptors (Lipinski definition) is 5. The van der Waals surface area contributed by atoms with Gasteiger partial charge in [-0.2, -0.15) is 0 Å². The number of rotatable bonds is 4. The summed E-state index contributed by atoms with van der Waals surface area (Å²) in [6, 6.07) is 0.402. The molecule has 0 amide bonds. The number of hydrogen-bond donors (Lipinski definition) is 0. The highest BCUT2D eigenvalue weighted by molar-refractivity contribution is 7.91. The second kappa shape index (κ2) is 6.75. The highest BCUT2D eigenvalue weighted by Gasteiger charge is 2.37. The van der Waals surface area contributed by atoms with Crippen molar-refractivity contribution >= 4 is 15.6 Å². The Kier molecular flexibility index (Phi) is 5.43. The third kappa shape index (κ3) is 4.27. The number of morpholine rings is 1. The van der Waals surface area contributed by atoms with Crippen molar-refractivity contribution in [1.82, 2.24) is 4.90 Å². The highest BCUT2D eigenvalue weighted by Crippen LogP contribution is 2.30. The third-order valence-electron chi connectivity index (χ3n) is 4.78. The van der Waals surface area contributed by atoms with Crippen LogP contribution < -0.4 is 0 Å². The lowest BCUT2D eigenvalue weighted by Gasteiger charge is -2.37. The van der Waals surface area contributed by atoms with Crippen molar-refractivity contribution in [2.24, 2.45) is 5.92 Å². The maximum Gasteiger partial charge on any atom is 0.165 e. The van der Waals surface area contributed by atoms with Crippen molar-refractivity contribution in [3.63, 3.8) is 0 Å². The first-order valence-electron chi connectivity index (χ1n) is 7.87. The molecule has 0 aromatic heterocycles. The number of ketones is 1. The molecule has 0 radical (unpaired) electrons. The first kappa shape index (κ1) is 16.9. The summed E-state index contributed by atoms with van der Waals surface area (Å²) in [6.07, 6.45) is 3.67. The van der Waals surface area contributed by atoms with Gasteiger partial charge in [0, 0.05) is 31.3 Å². The van der Waals surface area contributed by atoms with Crippen LogP contribution in [0, 0.1) is 5.92 Å². The van der Waals surface area contributed by atoms with Gasteiger partial charge in [0.15, 0.2) is 5.78 Å². The van der Waals surface area contributed by atoms with Gasteiger partial charge in [0.05, 0.1) is 11.9 Å². The Labute approximate surface area is 127 Å². The van der Waals surface area contributed by atoms with Crippen LogP contribution in [0.2, 0.25) is 0 Å². The molecule has 0 bridgehead atoms. The van der Waals surface area contributed by atoms with Crippen molar-refractivity contribution in [2.75, 3.05) is 26.0 Å². The van der Waals surface area contributed by atoms with Gasteiger partial charge < -0.3 is 4.74 Å². The predicted octanol–water partition coefficient (Wildman–Crippen LogP) is 1.27. The van der Waals surface area contributed by atoms with Crippen LogP contribution in [-0.2, 0) is 19.4 Å². The second-order valence-electron chi connectivity index (χ2n) is 6.67. The zero-order valence-electron chi connectivity index (χ0n) is 13.2. The van der Waals surface area contributed by atoms with Crippen LogP contribution in [0.5, 0.6) is 0 Å². The quantitative estimate of drug-likeness (QED) is 0.781. The Balaban J connectivity index is 1.99. The fraction of sp³-hybridized carbons (Fsp3) is 0.933. The first-order chi connectivity index (χ1) is 9.79. The van der Waals surface area contributed by atoms with Crippen molar-refractivity contribution in [1.29, 1.82) is 0 Å². The lowest BCUT2D eigenvalue weighted by molar-refractivity contribution is -0.142. The molecule has 1 saturated carbocycles. The number of sulfone groups is 1. The van der Waals surface area contributed by atoms with E-state index in [4.69, 9.17) is 4.74 Å². The van der Waals surface area contributed by atoms with Crippen molar-refractivity contribution in [2.45, 2.75) is 56.9 Å². The van der Waals surface area contributed by atoms with Gasteiger partial charge in [0.1, 0.15) is 15.9 Å². The van der Waals surface area contributed by atoms with Crippen LogP contribution in [0.4, 0.5) is 0 Å². The topological polar surface area (TPSA) is 63.7 Å². The van der Waals surface area contributed by atoms with Gasteiger partial charge in [-0.1, -0.05) is 6.42 Å². The van der Waals surface area contributed by atoms with Gasteiger partial charge in [0.25, 0.3) is 0 Å². The van der Waals surface area contributed by atoms with E-state index >= 15 is 0 Å². The summed E-state index contributed by atoms with van der Waals surface area (Å²) in [5.41, 5.74) is 0. The minimum atomic E-state index is -3.05. The van der Waals surface area contributed by atoms with Gasteiger partial charge in [-0.3, -0.25) is 9.69 Å². The number of ether oxygens (including phenoxy) is 1. The molecule has 2 aliphatic rings. The second-order valence-corrected chi connectivity index (χ2v) is 8.99. The number of carbonyl (C=O) groups excluding carboxylic acids is 1. The Morgan fingerprint density at radius 2 is 2.00 bits per heavy atom. The summed E-state index contributed by atoms with van der Waals surface area (Å²) in [6.45, 7) is 6.31. The molecule has 1 saturated heterocycles. The standard InChI is InChI=1S/C15H27NO4S/c1-11(2)16-7-8-20-14(10-16)15(17)12-5-4-6-13(9-12)21(3,18)19/h11-14H,4-10H2,1-3H3. The summed E-state index contributed by atoms with van der Waals surface area (Å²) >= 11 is 0. The monoisotopic (exact) mass is 317 g/mol. The summed E-state index contributed by atoms with van der Waals surface area (Å²) in [4.78, 5) is 14.9. The zero-order valence-corrected chi connectivity index (χ0v) is 14.1. The average molecular weight is 317 g/mol. The first-order valence-corrected chi connectivity index (χ1v) is 9.82. The fourth-order valence-electron chi connectivity index (χ4n) is 3.37. The van der Waals surface area contributed by atoms with Crippen LogP contribution in [0.25, 0.3) is 0 Å².